The Morgan fingerprint density at radius 2 is 1.92 bits per heavy atom. The molecule has 0 aromatic heterocycles. The fourth-order valence-corrected chi connectivity index (χ4v) is 9.17. The second kappa shape index (κ2) is 10.5. The molecule has 3 aliphatic carbocycles. The number of hydrogen-bond acceptors (Lipinski definition) is 5. The van der Waals surface area contributed by atoms with Crippen molar-refractivity contribution in [2.45, 2.75) is 81.0 Å². The molecule has 0 radical (unpaired) electrons. The lowest BCUT2D eigenvalue weighted by molar-refractivity contribution is 0.00799. The minimum Gasteiger partial charge on any atom is -0.490 e. The van der Waals surface area contributed by atoms with E-state index in [9.17, 15) is 9.90 Å². The van der Waals surface area contributed by atoms with Gasteiger partial charge < -0.3 is 14.7 Å². The van der Waals surface area contributed by atoms with Gasteiger partial charge in [0.25, 0.3) is 5.91 Å². The zero-order valence-electron chi connectivity index (χ0n) is 22.5. The van der Waals surface area contributed by atoms with Gasteiger partial charge in [0.05, 0.1) is 18.4 Å². The van der Waals surface area contributed by atoms with Crippen molar-refractivity contribution >= 4 is 35.1 Å². The van der Waals surface area contributed by atoms with Crippen LogP contribution >= 0.6 is 23.5 Å². The topological polar surface area (TPSA) is 61.8 Å². The van der Waals surface area contributed by atoms with E-state index in [4.69, 9.17) is 16.3 Å². The monoisotopic (exact) mass is 566 g/mol. The lowest BCUT2D eigenvalue weighted by atomic mass is 9.68. The van der Waals surface area contributed by atoms with Gasteiger partial charge in [-0.2, -0.15) is 0 Å². The standard InChI is InChI=1S/C32H39ClN2O3S/c33-24-9-11-26-21(15-24)4-2-14-32(26)18-35-17-23-6-10-25(23)28(36)5-1-3-20-8-13-30(20)39-34-31(37)22-7-12-29(38-19-32)27(35)16-22/h7,9,11-12,15-16,20,23,25,28,30,36H,1-6,8,10,13-14,17-19H2,(H,34,37)/t20-,23-,25+,28-,30-,32-/m0/s1. The number of benzene rings is 2. The number of carbonyl (C=O) groups excluding carboxylic acids is 1. The van der Waals surface area contributed by atoms with Crippen molar-refractivity contribution in [3.63, 3.8) is 0 Å². The summed E-state index contributed by atoms with van der Waals surface area (Å²) in [5.41, 5.74) is 4.26. The van der Waals surface area contributed by atoms with Crippen LogP contribution in [0.1, 0.15) is 79.3 Å². The second-order valence-corrected chi connectivity index (χ2v) is 14.2. The Kier molecular flexibility index (Phi) is 7.01. The minimum absolute atomic E-state index is 0.0194. The van der Waals surface area contributed by atoms with E-state index in [-0.39, 0.29) is 17.4 Å². The first kappa shape index (κ1) is 26.0. The SMILES string of the molecule is O=C1NS[C@H]2CC[C@@H]2CCC[C@H](O)[C@@H]2CC[C@H]2CN2C[C@@]3(CCCc4cc(Cl)ccc43)COc3ccc1cc32. The maximum absolute atomic E-state index is 13.3. The van der Waals surface area contributed by atoms with E-state index in [1.165, 1.54) is 17.5 Å². The molecule has 39 heavy (non-hydrogen) atoms. The minimum atomic E-state index is -0.219. The zero-order chi connectivity index (χ0) is 26.6. The quantitative estimate of drug-likeness (QED) is 0.355. The van der Waals surface area contributed by atoms with Crippen LogP contribution in [0.2, 0.25) is 5.02 Å². The van der Waals surface area contributed by atoms with E-state index in [0.29, 0.717) is 35.2 Å². The van der Waals surface area contributed by atoms with E-state index < -0.39 is 0 Å². The first-order chi connectivity index (χ1) is 19.0. The van der Waals surface area contributed by atoms with Crippen molar-refractivity contribution in [2.75, 3.05) is 24.6 Å². The van der Waals surface area contributed by atoms with Crippen LogP contribution < -0.4 is 14.4 Å². The van der Waals surface area contributed by atoms with Crippen LogP contribution in [0.3, 0.4) is 0 Å². The molecule has 2 saturated carbocycles. The van der Waals surface area contributed by atoms with Crippen LogP contribution in [-0.4, -0.2) is 42.1 Å². The number of aliphatic hydroxyl groups excluding tert-OH is 1. The lowest BCUT2D eigenvalue weighted by Crippen LogP contribution is -2.49. The van der Waals surface area contributed by atoms with E-state index >= 15 is 0 Å². The predicted molar refractivity (Wildman–Crippen MR) is 158 cm³/mol. The summed E-state index contributed by atoms with van der Waals surface area (Å²) < 4.78 is 9.77. The number of halogens is 1. The number of ether oxygens (including phenoxy) is 1. The summed E-state index contributed by atoms with van der Waals surface area (Å²) in [7, 11) is 0. The molecule has 0 saturated heterocycles. The first-order valence-electron chi connectivity index (χ1n) is 14.9. The average Bonchev–Trinajstić information content (AvgIpc) is 3.05. The second-order valence-electron chi connectivity index (χ2n) is 12.7. The summed E-state index contributed by atoms with van der Waals surface area (Å²) in [5, 5.41) is 12.5. The molecule has 5 nitrogen and oxygen atoms in total. The zero-order valence-corrected chi connectivity index (χ0v) is 24.1. The molecule has 0 unspecified atom stereocenters. The number of aryl methyl sites for hydroxylation is 1. The summed E-state index contributed by atoms with van der Waals surface area (Å²) in [6.07, 6.45) is 10.8. The molecule has 6 atom stereocenters. The Balaban J connectivity index is 1.25. The first-order valence-corrected chi connectivity index (χ1v) is 16.2. The molecule has 2 N–H and O–H groups in total. The smallest absolute Gasteiger partial charge is 0.261 e. The molecule has 1 amide bonds. The summed E-state index contributed by atoms with van der Waals surface area (Å²) in [4.78, 5) is 15.8. The van der Waals surface area contributed by atoms with Gasteiger partial charge >= 0.3 is 0 Å². The van der Waals surface area contributed by atoms with Gasteiger partial charge in [0, 0.05) is 34.3 Å². The van der Waals surface area contributed by atoms with Crippen LogP contribution in [0.4, 0.5) is 5.69 Å². The van der Waals surface area contributed by atoms with Crippen LogP contribution in [0.5, 0.6) is 5.75 Å². The maximum Gasteiger partial charge on any atom is 0.261 e. The summed E-state index contributed by atoms with van der Waals surface area (Å²) in [6, 6.07) is 12.3. The highest BCUT2D eigenvalue weighted by Crippen LogP contribution is 2.47. The molecule has 2 fully saturated rings. The third-order valence-electron chi connectivity index (χ3n) is 10.5. The van der Waals surface area contributed by atoms with Gasteiger partial charge in [0.1, 0.15) is 5.75 Å². The van der Waals surface area contributed by atoms with Crippen molar-refractivity contribution in [3.05, 3.63) is 58.1 Å². The number of anilines is 1. The fourth-order valence-electron chi connectivity index (χ4n) is 7.88. The molecule has 7 heteroatoms. The number of hydrogen-bond donors (Lipinski definition) is 2. The van der Waals surface area contributed by atoms with Crippen LogP contribution in [0.25, 0.3) is 0 Å². The fraction of sp³-hybridized carbons (Fsp3) is 0.594. The van der Waals surface area contributed by atoms with Gasteiger partial charge in [0.15, 0.2) is 0 Å². The number of nitrogens with one attached hydrogen (secondary N) is 1. The van der Waals surface area contributed by atoms with E-state index in [1.807, 2.05) is 24.3 Å². The lowest BCUT2D eigenvalue weighted by Gasteiger charge is -2.46. The highest BCUT2D eigenvalue weighted by Gasteiger charge is 2.44. The normalized spacial score (nSPS) is 34.3. The van der Waals surface area contributed by atoms with Crippen LogP contribution in [-0.2, 0) is 11.8 Å². The summed E-state index contributed by atoms with van der Waals surface area (Å²) >= 11 is 8.01. The molecule has 2 heterocycles. The van der Waals surface area contributed by atoms with Gasteiger partial charge in [0.2, 0.25) is 0 Å². The molecular formula is C32H39ClN2O3S. The molecule has 2 bridgehead atoms. The number of fused-ring (bicyclic) bond motifs is 5. The number of amides is 1. The van der Waals surface area contributed by atoms with Crippen LogP contribution in [0.15, 0.2) is 36.4 Å². The van der Waals surface area contributed by atoms with Crippen molar-refractivity contribution in [3.8, 4) is 5.75 Å². The summed E-state index contributed by atoms with van der Waals surface area (Å²) in [5.74, 6) is 2.29. The van der Waals surface area contributed by atoms with Crippen LogP contribution in [0, 0.1) is 17.8 Å². The highest BCUT2D eigenvalue weighted by atomic mass is 35.5. The van der Waals surface area contributed by atoms with Gasteiger partial charge in [-0.1, -0.05) is 24.1 Å². The van der Waals surface area contributed by atoms with Crippen molar-refractivity contribution in [1.29, 1.82) is 0 Å². The highest BCUT2D eigenvalue weighted by molar-refractivity contribution is 7.98. The van der Waals surface area contributed by atoms with Gasteiger partial charge in [-0.3, -0.25) is 9.52 Å². The van der Waals surface area contributed by atoms with E-state index in [0.717, 1.165) is 87.3 Å². The number of carbonyl (C=O) groups is 1. The van der Waals surface area contributed by atoms with Crippen molar-refractivity contribution in [1.82, 2.24) is 4.72 Å². The Morgan fingerprint density at radius 3 is 2.74 bits per heavy atom. The molecule has 5 aliphatic rings. The van der Waals surface area contributed by atoms with Crippen molar-refractivity contribution < 1.29 is 14.6 Å². The third kappa shape index (κ3) is 4.85. The Hall–Kier alpha value is -1.89. The number of nitrogens with zero attached hydrogens (tertiary/aromatic N) is 1. The Bertz CT molecular complexity index is 1260. The van der Waals surface area contributed by atoms with Crippen molar-refractivity contribution in [2.24, 2.45) is 17.8 Å². The maximum atomic E-state index is 13.3. The molecule has 7 rings (SSSR count). The largest absolute Gasteiger partial charge is 0.490 e. The molecular weight excluding hydrogens is 528 g/mol. The number of aliphatic hydroxyl groups is 1. The van der Waals surface area contributed by atoms with E-state index in [2.05, 4.69) is 21.8 Å². The van der Waals surface area contributed by atoms with Gasteiger partial charge in [-0.05, 0) is 129 Å². The van der Waals surface area contributed by atoms with Gasteiger partial charge in [-0.15, -0.1) is 0 Å². The molecule has 2 aromatic carbocycles. The number of rotatable bonds is 0. The molecule has 1 spiro atoms. The van der Waals surface area contributed by atoms with Gasteiger partial charge in [-0.25, -0.2) is 0 Å². The third-order valence-corrected chi connectivity index (χ3v) is 11.9. The Morgan fingerprint density at radius 1 is 1.03 bits per heavy atom. The summed E-state index contributed by atoms with van der Waals surface area (Å²) in [6.45, 7) is 2.34. The van der Waals surface area contributed by atoms with E-state index in [1.54, 1.807) is 11.9 Å². The Labute approximate surface area is 241 Å². The average molecular weight is 567 g/mol. The molecule has 2 aromatic rings. The molecule has 208 valence electrons. The predicted octanol–water partition coefficient (Wildman–Crippen LogP) is 6.54. The molecule has 2 aliphatic heterocycles.